The van der Waals surface area contributed by atoms with Gasteiger partial charge >= 0.3 is 13.1 Å². The second-order valence-corrected chi connectivity index (χ2v) is 10.6. The van der Waals surface area contributed by atoms with E-state index in [0.717, 1.165) is 48.3 Å². The summed E-state index contributed by atoms with van der Waals surface area (Å²) in [6.07, 6.45) is 3.90. The molecule has 0 saturated heterocycles. The summed E-state index contributed by atoms with van der Waals surface area (Å²) in [4.78, 5) is 12.2. The Morgan fingerprint density at radius 1 is 1.33 bits per heavy atom. The van der Waals surface area contributed by atoms with E-state index in [4.69, 9.17) is 9.29 Å². The summed E-state index contributed by atoms with van der Waals surface area (Å²) in [5, 5.41) is 0. The van der Waals surface area contributed by atoms with Gasteiger partial charge in [0, 0.05) is 11.8 Å². The van der Waals surface area contributed by atoms with E-state index >= 15 is 0 Å². The fourth-order valence-electron chi connectivity index (χ4n) is 4.39. The first-order valence-electron chi connectivity index (χ1n) is 7.15. The van der Waals surface area contributed by atoms with Gasteiger partial charge in [-0.2, -0.15) is 8.42 Å². The van der Waals surface area contributed by atoms with Gasteiger partial charge in [0.15, 0.2) is 0 Å². The highest BCUT2D eigenvalue weighted by atomic mass is 127. The lowest BCUT2D eigenvalue weighted by Crippen LogP contribution is -2.52. The fourth-order valence-corrected chi connectivity index (χ4v) is 4.84. The summed E-state index contributed by atoms with van der Waals surface area (Å²) in [5.74, 6) is 1.64. The van der Waals surface area contributed by atoms with E-state index < -0.39 is 19.7 Å². The third-order valence-corrected chi connectivity index (χ3v) is 8.13. The van der Waals surface area contributed by atoms with E-state index in [-0.39, 0.29) is 24.4 Å². The molecule has 0 spiro atoms. The molecule has 0 aromatic carbocycles. The van der Waals surface area contributed by atoms with Gasteiger partial charge in [0.05, 0.1) is 6.61 Å². The Balaban J connectivity index is 1.60. The molecule has 4 aliphatic rings. The minimum Gasteiger partial charge on any atom is -0.376 e. The zero-order valence-electron chi connectivity index (χ0n) is 11.4. The molecule has 6 unspecified atom stereocenters. The van der Waals surface area contributed by atoms with Crippen LogP contribution < -0.4 is 0 Å². The number of alkyl halides is 2. The van der Waals surface area contributed by atoms with Crippen LogP contribution in [0.15, 0.2) is 0 Å². The lowest BCUT2D eigenvalue weighted by atomic mass is 9.51. The molecule has 0 aromatic rings. The predicted molar refractivity (Wildman–Crippen MR) is 81.2 cm³/mol. The van der Waals surface area contributed by atoms with Gasteiger partial charge in [-0.25, -0.2) is 4.39 Å². The zero-order chi connectivity index (χ0) is 15.4. The second kappa shape index (κ2) is 5.38. The zero-order valence-corrected chi connectivity index (χ0v) is 14.3. The minimum atomic E-state index is -4.81. The summed E-state index contributed by atoms with van der Waals surface area (Å²) >= 11 is 1.03. The normalized spacial score (nSPS) is 41.3. The van der Waals surface area contributed by atoms with Crippen LogP contribution in [0.1, 0.15) is 25.7 Å². The third kappa shape index (κ3) is 2.88. The van der Waals surface area contributed by atoms with Crippen LogP contribution in [0.25, 0.3) is 0 Å². The molecule has 4 rings (SSSR count). The Morgan fingerprint density at radius 3 is 2.71 bits per heavy atom. The van der Waals surface area contributed by atoms with E-state index in [0.29, 0.717) is 17.6 Å². The number of carbonyl (C=O) groups is 1. The second-order valence-electron chi connectivity index (χ2n) is 6.57. The standard InChI is InChI=1S/C13H18FIO5S/c14-13(15,21(17,18)19)6-20-5-11-8-1-7-2-9(4-8)12(16)10(11)3-7/h7-11H,1-6H2,(H,17,18,19). The molecule has 4 saturated carbocycles. The molecule has 0 heterocycles. The Bertz CT molecular complexity index is 549. The van der Waals surface area contributed by atoms with Gasteiger partial charge in [-0.3, -0.25) is 9.35 Å². The van der Waals surface area contributed by atoms with E-state index in [2.05, 4.69) is 0 Å². The topological polar surface area (TPSA) is 80.7 Å². The van der Waals surface area contributed by atoms with Gasteiger partial charge in [-0.05, 0) is 66.0 Å². The maximum atomic E-state index is 13.7. The van der Waals surface area contributed by atoms with Gasteiger partial charge in [-0.1, -0.05) is 0 Å². The number of halogens is 2. The number of hydrogen-bond acceptors (Lipinski definition) is 4. The van der Waals surface area contributed by atoms with Crippen LogP contribution in [0.5, 0.6) is 0 Å². The van der Waals surface area contributed by atoms with Crippen molar-refractivity contribution in [2.45, 2.75) is 28.7 Å². The molecular formula is C13H18FIO5S. The summed E-state index contributed by atoms with van der Waals surface area (Å²) in [5.41, 5.74) is 0. The summed E-state index contributed by atoms with van der Waals surface area (Å²) < 4.78 is 46.7. The van der Waals surface area contributed by atoms with Crippen LogP contribution in [0.2, 0.25) is 0 Å². The molecule has 5 nitrogen and oxygen atoms in total. The maximum absolute atomic E-state index is 13.7. The van der Waals surface area contributed by atoms with E-state index in [1.165, 1.54) is 0 Å². The van der Waals surface area contributed by atoms with Crippen molar-refractivity contribution in [1.29, 1.82) is 0 Å². The Labute approximate surface area is 136 Å². The van der Waals surface area contributed by atoms with Crippen LogP contribution >= 0.6 is 22.6 Å². The summed E-state index contributed by atoms with van der Waals surface area (Å²) in [6, 6.07) is 0. The third-order valence-electron chi connectivity index (χ3n) is 5.28. The minimum absolute atomic E-state index is 0.00444. The van der Waals surface area contributed by atoms with Crippen LogP contribution in [0.4, 0.5) is 4.39 Å². The summed E-state index contributed by atoms with van der Waals surface area (Å²) in [7, 11) is -4.81. The van der Waals surface area contributed by atoms with Gasteiger partial charge in [-0.15, -0.1) is 0 Å². The SMILES string of the molecule is O=C1C2CC3CC(C2)C(COCC(F)(I)S(=O)(=O)O)C1C3. The fraction of sp³-hybridized carbons (Fsp3) is 0.923. The smallest absolute Gasteiger partial charge is 0.312 e. The lowest BCUT2D eigenvalue weighted by molar-refractivity contribution is -0.150. The number of carbonyl (C=O) groups excluding carboxylic acids is 1. The van der Waals surface area contributed by atoms with Crippen molar-refractivity contribution in [3.63, 3.8) is 0 Å². The van der Waals surface area contributed by atoms with Gasteiger partial charge in [0.1, 0.15) is 12.4 Å². The van der Waals surface area contributed by atoms with Crippen molar-refractivity contribution in [2.75, 3.05) is 13.2 Å². The number of Topliss-reactive ketones (excluding diaryl/α,β-unsaturated/α-hetero) is 1. The molecule has 0 amide bonds. The average molecular weight is 432 g/mol. The van der Waals surface area contributed by atoms with E-state index in [1.807, 2.05) is 0 Å². The molecule has 120 valence electrons. The van der Waals surface area contributed by atoms with Crippen molar-refractivity contribution in [3.05, 3.63) is 0 Å². The Hall–Kier alpha value is 0.200. The first kappa shape index (κ1) is 16.1. The molecule has 4 aliphatic carbocycles. The van der Waals surface area contributed by atoms with Crippen LogP contribution in [0.3, 0.4) is 0 Å². The average Bonchev–Trinajstić information content (AvgIpc) is 2.36. The first-order valence-corrected chi connectivity index (χ1v) is 9.67. The lowest BCUT2D eigenvalue weighted by Gasteiger charge is -2.53. The number of ether oxygens (including phenoxy) is 1. The van der Waals surface area contributed by atoms with Crippen molar-refractivity contribution >= 4 is 38.5 Å². The van der Waals surface area contributed by atoms with Crippen molar-refractivity contribution in [1.82, 2.24) is 0 Å². The molecule has 0 radical (unpaired) electrons. The molecule has 6 atom stereocenters. The number of rotatable bonds is 5. The largest absolute Gasteiger partial charge is 0.376 e. The van der Waals surface area contributed by atoms with E-state index in [9.17, 15) is 17.6 Å². The molecule has 4 bridgehead atoms. The first-order chi connectivity index (χ1) is 9.69. The quantitative estimate of drug-likeness (QED) is 0.410. The van der Waals surface area contributed by atoms with Crippen LogP contribution in [-0.2, 0) is 19.6 Å². The summed E-state index contributed by atoms with van der Waals surface area (Å²) in [6.45, 7) is -0.534. The van der Waals surface area contributed by atoms with Crippen molar-refractivity contribution in [2.24, 2.45) is 29.6 Å². The molecular weight excluding hydrogens is 414 g/mol. The monoisotopic (exact) mass is 432 g/mol. The predicted octanol–water partition coefficient (Wildman–Crippen LogP) is 2.20. The highest BCUT2D eigenvalue weighted by Crippen LogP contribution is 2.54. The molecule has 4 fully saturated rings. The number of hydrogen-bond donors (Lipinski definition) is 1. The number of ketones is 1. The van der Waals surface area contributed by atoms with Gasteiger partial charge in [0.2, 0.25) is 0 Å². The van der Waals surface area contributed by atoms with Crippen LogP contribution in [0, 0.1) is 29.6 Å². The Morgan fingerprint density at radius 2 is 2.05 bits per heavy atom. The highest BCUT2D eigenvalue weighted by molar-refractivity contribution is 14.1. The molecule has 1 N–H and O–H groups in total. The molecule has 0 aromatic heterocycles. The Kier molecular flexibility index (Phi) is 4.12. The van der Waals surface area contributed by atoms with Crippen molar-refractivity contribution in [3.8, 4) is 0 Å². The molecule has 21 heavy (non-hydrogen) atoms. The van der Waals surface area contributed by atoms with Gasteiger partial charge in [0.25, 0.3) is 0 Å². The molecule has 0 aliphatic heterocycles. The maximum Gasteiger partial charge on any atom is 0.312 e. The highest BCUT2D eigenvalue weighted by Gasteiger charge is 2.53. The van der Waals surface area contributed by atoms with Crippen LogP contribution in [-0.4, -0.2) is 35.0 Å². The van der Waals surface area contributed by atoms with E-state index in [1.54, 1.807) is 0 Å². The van der Waals surface area contributed by atoms with Crippen molar-refractivity contribution < 1.29 is 26.9 Å². The molecule has 8 heteroatoms. The van der Waals surface area contributed by atoms with Gasteiger partial charge < -0.3 is 4.74 Å².